The van der Waals surface area contributed by atoms with Gasteiger partial charge >= 0.3 is 0 Å². The summed E-state index contributed by atoms with van der Waals surface area (Å²) in [6.45, 7) is 0.898. The number of hydrogen-bond acceptors (Lipinski definition) is 6. The van der Waals surface area contributed by atoms with Crippen molar-refractivity contribution in [3.05, 3.63) is 48.3 Å². The van der Waals surface area contributed by atoms with Gasteiger partial charge < -0.3 is 19.5 Å². The SMILES string of the molecule is C#Cc1cccc(Nc2ncnc3cc(OC)c(OCCOC)cc23)c1.Cl. The second-order valence-corrected chi connectivity index (χ2v) is 5.43. The van der Waals surface area contributed by atoms with Crippen LogP contribution in [-0.2, 0) is 4.74 Å². The number of terminal acetylenes is 1. The number of halogens is 1. The van der Waals surface area contributed by atoms with Gasteiger partial charge in [-0.25, -0.2) is 9.97 Å². The van der Waals surface area contributed by atoms with Crippen LogP contribution in [0.15, 0.2) is 42.7 Å². The molecule has 6 nitrogen and oxygen atoms in total. The molecule has 0 unspecified atom stereocenters. The summed E-state index contributed by atoms with van der Waals surface area (Å²) in [5, 5.41) is 4.10. The Labute approximate surface area is 164 Å². The van der Waals surface area contributed by atoms with Crippen LogP contribution in [0.25, 0.3) is 10.9 Å². The average molecular weight is 386 g/mol. The third-order valence-corrected chi connectivity index (χ3v) is 3.76. The normalized spacial score (nSPS) is 9.96. The lowest BCUT2D eigenvalue weighted by Crippen LogP contribution is -2.05. The number of fused-ring (bicyclic) bond motifs is 1. The van der Waals surface area contributed by atoms with Crippen molar-refractivity contribution in [3.63, 3.8) is 0 Å². The molecule has 0 aliphatic heterocycles. The maximum Gasteiger partial charge on any atom is 0.162 e. The smallest absolute Gasteiger partial charge is 0.162 e. The Morgan fingerprint density at radius 1 is 1.07 bits per heavy atom. The summed E-state index contributed by atoms with van der Waals surface area (Å²) < 4.78 is 16.2. The van der Waals surface area contributed by atoms with E-state index < -0.39 is 0 Å². The zero-order chi connectivity index (χ0) is 18.4. The van der Waals surface area contributed by atoms with Crippen LogP contribution in [0.4, 0.5) is 11.5 Å². The number of nitrogens with one attached hydrogen (secondary N) is 1. The highest BCUT2D eigenvalue weighted by atomic mass is 35.5. The van der Waals surface area contributed by atoms with E-state index in [1.165, 1.54) is 6.33 Å². The largest absolute Gasteiger partial charge is 0.493 e. The van der Waals surface area contributed by atoms with Crippen LogP contribution >= 0.6 is 12.4 Å². The van der Waals surface area contributed by atoms with Crippen LogP contribution in [0.2, 0.25) is 0 Å². The summed E-state index contributed by atoms with van der Waals surface area (Å²) in [4.78, 5) is 8.68. The molecule has 0 aliphatic carbocycles. The van der Waals surface area contributed by atoms with Crippen molar-refractivity contribution in [2.45, 2.75) is 0 Å². The van der Waals surface area contributed by atoms with E-state index in [9.17, 15) is 0 Å². The fourth-order valence-corrected chi connectivity index (χ4v) is 2.49. The molecule has 1 N–H and O–H groups in total. The van der Waals surface area contributed by atoms with Gasteiger partial charge in [0, 0.05) is 29.8 Å². The molecule has 0 saturated heterocycles. The van der Waals surface area contributed by atoms with Crippen molar-refractivity contribution in [3.8, 4) is 23.8 Å². The van der Waals surface area contributed by atoms with E-state index in [2.05, 4.69) is 21.2 Å². The number of hydrogen-bond donors (Lipinski definition) is 1. The number of benzene rings is 2. The third kappa shape index (κ3) is 4.79. The Balaban J connectivity index is 0.00000261. The van der Waals surface area contributed by atoms with Gasteiger partial charge in [0.05, 0.1) is 19.2 Å². The molecule has 0 fully saturated rings. The second-order valence-electron chi connectivity index (χ2n) is 5.43. The summed E-state index contributed by atoms with van der Waals surface area (Å²) in [6, 6.07) is 11.3. The highest BCUT2D eigenvalue weighted by Gasteiger charge is 2.12. The minimum atomic E-state index is 0. The fourth-order valence-electron chi connectivity index (χ4n) is 2.49. The predicted molar refractivity (Wildman–Crippen MR) is 108 cm³/mol. The molecular weight excluding hydrogens is 366 g/mol. The molecule has 0 atom stereocenters. The van der Waals surface area contributed by atoms with E-state index in [4.69, 9.17) is 20.6 Å². The first-order chi connectivity index (χ1) is 12.7. The molecule has 2 aromatic carbocycles. The van der Waals surface area contributed by atoms with Crippen LogP contribution in [0.1, 0.15) is 5.56 Å². The van der Waals surface area contributed by atoms with Gasteiger partial charge in [-0.2, -0.15) is 0 Å². The van der Waals surface area contributed by atoms with Crippen LogP contribution in [0, 0.1) is 12.3 Å². The number of ether oxygens (including phenoxy) is 3. The van der Waals surface area contributed by atoms with E-state index in [0.717, 1.165) is 22.2 Å². The summed E-state index contributed by atoms with van der Waals surface area (Å²) in [6.07, 6.45) is 6.97. The highest BCUT2D eigenvalue weighted by molar-refractivity contribution is 5.93. The van der Waals surface area contributed by atoms with Gasteiger partial charge in [-0.1, -0.05) is 12.0 Å². The zero-order valence-corrected chi connectivity index (χ0v) is 15.9. The predicted octanol–water partition coefficient (Wildman–Crippen LogP) is 3.81. The first-order valence-electron chi connectivity index (χ1n) is 8.03. The van der Waals surface area contributed by atoms with Crippen molar-refractivity contribution in [2.75, 3.05) is 32.8 Å². The van der Waals surface area contributed by atoms with Crippen LogP contribution in [0.5, 0.6) is 11.5 Å². The van der Waals surface area contributed by atoms with Crippen LogP contribution in [0.3, 0.4) is 0 Å². The first-order valence-corrected chi connectivity index (χ1v) is 8.03. The van der Waals surface area contributed by atoms with Gasteiger partial charge in [0.25, 0.3) is 0 Å². The summed E-state index contributed by atoms with van der Waals surface area (Å²) in [5.74, 6) is 4.49. The minimum absolute atomic E-state index is 0. The van der Waals surface area contributed by atoms with Crippen molar-refractivity contribution in [2.24, 2.45) is 0 Å². The average Bonchev–Trinajstić information content (AvgIpc) is 2.68. The summed E-state index contributed by atoms with van der Waals surface area (Å²) >= 11 is 0. The molecule has 7 heteroatoms. The zero-order valence-electron chi connectivity index (χ0n) is 15.1. The van der Waals surface area contributed by atoms with E-state index in [-0.39, 0.29) is 12.4 Å². The Morgan fingerprint density at radius 3 is 2.67 bits per heavy atom. The van der Waals surface area contributed by atoms with Crippen molar-refractivity contribution >= 4 is 34.8 Å². The van der Waals surface area contributed by atoms with Gasteiger partial charge in [0.2, 0.25) is 0 Å². The summed E-state index contributed by atoms with van der Waals surface area (Å²) in [7, 11) is 3.22. The Morgan fingerprint density at radius 2 is 1.93 bits per heavy atom. The number of aromatic nitrogens is 2. The molecule has 0 saturated carbocycles. The number of nitrogens with zero attached hydrogens (tertiary/aromatic N) is 2. The van der Waals surface area contributed by atoms with Crippen LogP contribution in [-0.4, -0.2) is 37.4 Å². The fraction of sp³-hybridized carbons (Fsp3) is 0.200. The topological polar surface area (TPSA) is 65.5 Å². The van der Waals surface area contributed by atoms with E-state index >= 15 is 0 Å². The first kappa shape index (κ1) is 20.3. The lowest BCUT2D eigenvalue weighted by molar-refractivity contribution is 0.144. The molecule has 0 radical (unpaired) electrons. The lowest BCUT2D eigenvalue weighted by atomic mass is 10.2. The Bertz CT molecular complexity index is 957. The molecule has 0 spiro atoms. The monoisotopic (exact) mass is 385 g/mol. The molecule has 140 valence electrons. The minimum Gasteiger partial charge on any atom is -0.493 e. The molecule has 27 heavy (non-hydrogen) atoms. The lowest BCUT2D eigenvalue weighted by Gasteiger charge is -2.13. The van der Waals surface area contributed by atoms with E-state index in [1.54, 1.807) is 14.2 Å². The Kier molecular flexibility index (Phi) is 7.24. The van der Waals surface area contributed by atoms with E-state index in [0.29, 0.717) is 30.5 Å². The summed E-state index contributed by atoms with van der Waals surface area (Å²) in [5.41, 5.74) is 2.38. The standard InChI is InChI=1S/C20H19N3O3.ClH/c1-4-14-6-5-7-15(10-14)23-20-16-11-19(26-9-8-24-2)18(25-3)12-17(16)21-13-22-20;/h1,5-7,10-13H,8-9H2,2-3H3,(H,21,22,23);1H. The van der Waals surface area contributed by atoms with Crippen molar-refractivity contribution < 1.29 is 14.2 Å². The molecule has 0 amide bonds. The maximum absolute atomic E-state index is 5.76. The van der Waals surface area contributed by atoms with Crippen LogP contribution < -0.4 is 14.8 Å². The number of methoxy groups -OCH3 is 2. The molecule has 3 rings (SSSR count). The molecule has 3 aromatic rings. The van der Waals surface area contributed by atoms with Gasteiger partial charge in [-0.05, 0) is 24.3 Å². The highest BCUT2D eigenvalue weighted by Crippen LogP contribution is 2.34. The van der Waals surface area contributed by atoms with E-state index in [1.807, 2.05) is 36.4 Å². The number of rotatable bonds is 7. The third-order valence-electron chi connectivity index (χ3n) is 3.76. The van der Waals surface area contributed by atoms with Gasteiger partial charge in [0.1, 0.15) is 18.8 Å². The van der Waals surface area contributed by atoms with Gasteiger partial charge in [-0.15, -0.1) is 18.8 Å². The van der Waals surface area contributed by atoms with Crippen molar-refractivity contribution in [1.29, 1.82) is 0 Å². The molecule has 0 aliphatic rings. The van der Waals surface area contributed by atoms with Gasteiger partial charge in [0.15, 0.2) is 11.5 Å². The molecule has 0 bridgehead atoms. The molecular formula is C20H20ClN3O3. The molecule has 1 aromatic heterocycles. The quantitative estimate of drug-likeness (QED) is 0.493. The second kappa shape index (κ2) is 9.62. The number of anilines is 2. The Hall–Kier alpha value is -3.01. The van der Waals surface area contributed by atoms with Crippen molar-refractivity contribution in [1.82, 2.24) is 9.97 Å². The van der Waals surface area contributed by atoms with Gasteiger partial charge in [-0.3, -0.25) is 0 Å². The molecule has 1 heterocycles. The maximum atomic E-state index is 5.76.